The summed E-state index contributed by atoms with van der Waals surface area (Å²) in [5.41, 5.74) is 0. The van der Waals surface area contributed by atoms with Gasteiger partial charge in [0.2, 0.25) is 0 Å². The first kappa shape index (κ1) is 9.89. The van der Waals surface area contributed by atoms with E-state index in [1.54, 1.807) is 6.34 Å². The van der Waals surface area contributed by atoms with E-state index >= 15 is 0 Å². The molecular weight excluding hydrogens is 164 g/mol. The Morgan fingerprint density at radius 2 is 1.92 bits per heavy atom. The summed E-state index contributed by atoms with van der Waals surface area (Å²) < 4.78 is 0. The summed E-state index contributed by atoms with van der Waals surface area (Å²) in [6.45, 7) is 8.41. The predicted octanol–water partition coefficient (Wildman–Crippen LogP) is 1.74. The van der Waals surface area contributed by atoms with E-state index in [2.05, 4.69) is 42.9 Å². The summed E-state index contributed by atoms with van der Waals surface area (Å²) >= 11 is 0. The number of aliphatic imine (C=N–C) groups is 1. The van der Waals surface area contributed by atoms with Crippen LogP contribution in [0.5, 0.6) is 0 Å². The van der Waals surface area contributed by atoms with Crippen molar-refractivity contribution >= 4 is 18.5 Å². The van der Waals surface area contributed by atoms with Gasteiger partial charge in [-0.1, -0.05) is 13.8 Å². The van der Waals surface area contributed by atoms with E-state index in [1.807, 2.05) is 4.90 Å². The summed E-state index contributed by atoms with van der Waals surface area (Å²) in [5.74, 6) is 1.33. The van der Waals surface area contributed by atoms with Crippen LogP contribution in [0.25, 0.3) is 0 Å². The largest absolute Gasteiger partial charge is 0.316 e. The van der Waals surface area contributed by atoms with Gasteiger partial charge in [0.15, 0.2) is 0 Å². The molecule has 0 amide bonds. The first-order valence-electron chi connectivity index (χ1n) is 4.54. The Morgan fingerprint density at radius 3 is 2.46 bits per heavy atom. The third kappa shape index (κ3) is 2.37. The fourth-order valence-electron chi connectivity index (χ4n) is 1.14. The highest BCUT2D eigenvalue weighted by atomic mass is 15.3. The maximum Gasteiger partial charge on any atom is 0.139 e. The molecule has 0 aliphatic carbocycles. The molecule has 0 atom stereocenters. The molecule has 0 aromatic carbocycles. The quantitative estimate of drug-likeness (QED) is 0.638. The smallest absolute Gasteiger partial charge is 0.139 e. The Balaban J connectivity index is 2.91. The molecule has 1 aliphatic heterocycles. The third-order valence-corrected chi connectivity index (χ3v) is 1.81. The number of hydrogen-bond acceptors (Lipinski definition) is 4. The van der Waals surface area contributed by atoms with E-state index in [0.29, 0.717) is 12.0 Å². The molecule has 0 radical (unpaired) electrons. The average molecular weight is 180 g/mol. The standard InChI is InChI=1S/C9H16N4/c1-7(2)9-12-11-5-10-6-13(9)8(3)4/h5-8H,1-4H3. The molecule has 0 saturated carbocycles. The highest BCUT2D eigenvalue weighted by Gasteiger charge is 2.17. The molecule has 1 rings (SSSR count). The molecule has 13 heavy (non-hydrogen) atoms. The van der Waals surface area contributed by atoms with Gasteiger partial charge < -0.3 is 4.90 Å². The molecule has 0 unspecified atom stereocenters. The minimum absolute atomic E-state index is 0.365. The van der Waals surface area contributed by atoms with Crippen LogP contribution in [0.4, 0.5) is 0 Å². The molecule has 0 N–H and O–H groups in total. The van der Waals surface area contributed by atoms with Gasteiger partial charge in [-0.15, -0.1) is 10.2 Å². The Bertz CT molecular complexity index is 250. The zero-order valence-electron chi connectivity index (χ0n) is 8.60. The maximum absolute atomic E-state index is 4.11. The molecule has 0 aromatic rings. The van der Waals surface area contributed by atoms with Crippen LogP contribution in [0, 0.1) is 5.92 Å². The lowest BCUT2D eigenvalue weighted by Crippen LogP contribution is -2.38. The van der Waals surface area contributed by atoms with Crippen LogP contribution in [0.15, 0.2) is 15.2 Å². The van der Waals surface area contributed by atoms with Crippen LogP contribution in [0.3, 0.4) is 0 Å². The first-order chi connectivity index (χ1) is 6.13. The summed E-state index contributed by atoms with van der Waals surface area (Å²) in [7, 11) is 0. The second-order valence-corrected chi connectivity index (χ2v) is 3.61. The van der Waals surface area contributed by atoms with E-state index in [-0.39, 0.29) is 0 Å². The molecule has 0 fully saturated rings. The second-order valence-electron chi connectivity index (χ2n) is 3.61. The van der Waals surface area contributed by atoms with Crippen molar-refractivity contribution in [2.75, 3.05) is 0 Å². The van der Waals surface area contributed by atoms with Gasteiger partial charge in [0.25, 0.3) is 0 Å². The van der Waals surface area contributed by atoms with Gasteiger partial charge in [-0.2, -0.15) is 0 Å². The first-order valence-corrected chi connectivity index (χ1v) is 4.54. The normalized spacial score (nSPS) is 16.8. The fourth-order valence-corrected chi connectivity index (χ4v) is 1.14. The van der Waals surface area contributed by atoms with Gasteiger partial charge in [0, 0.05) is 12.0 Å². The van der Waals surface area contributed by atoms with Gasteiger partial charge in [-0.3, -0.25) is 0 Å². The summed E-state index contributed by atoms with van der Waals surface area (Å²) in [4.78, 5) is 6.04. The molecule has 0 aromatic heterocycles. The van der Waals surface area contributed by atoms with Gasteiger partial charge >= 0.3 is 0 Å². The van der Waals surface area contributed by atoms with Crippen molar-refractivity contribution in [1.29, 1.82) is 0 Å². The molecule has 1 aliphatic rings. The van der Waals surface area contributed by atoms with Gasteiger partial charge in [0.05, 0.1) is 6.34 Å². The Labute approximate surface area is 79.1 Å². The van der Waals surface area contributed by atoms with Crippen LogP contribution in [0.2, 0.25) is 0 Å². The van der Waals surface area contributed by atoms with E-state index in [0.717, 1.165) is 5.84 Å². The van der Waals surface area contributed by atoms with Crippen molar-refractivity contribution in [2.45, 2.75) is 33.7 Å². The number of hydrogen-bond donors (Lipinski definition) is 0. The number of amidine groups is 1. The third-order valence-electron chi connectivity index (χ3n) is 1.81. The molecule has 72 valence electrons. The van der Waals surface area contributed by atoms with Crippen LogP contribution in [0.1, 0.15) is 27.7 Å². The van der Waals surface area contributed by atoms with Crippen LogP contribution < -0.4 is 0 Å². The lowest BCUT2D eigenvalue weighted by molar-refractivity contribution is 0.487. The monoisotopic (exact) mass is 180 g/mol. The zero-order chi connectivity index (χ0) is 9.84. The van der Waals surface area contributed by atoms with Gasteiger partial charge in [0.1, 0.15) is 12.2 Å². The Morgan fingerprint density at radius 1 is 1.23 bits per heavy atom. The average Bonchev–Trinajstić information content (AvgIpc) is 2.27. The molecule has 0 bridgehead atoms. The maximum atomic E-state index is 4.11. The summed E-state index contributed by atoms with van der Waals surface area (Å²) in [6, 6.07) is 0.367. The van der Waals surface area contributed by atoms with Crippen LogP contribution >= 0.6 is 0 Å². The molecule has 4 nitrogen and oxygen atoms in total. The highest BCUT2D eigenvalue weighted by molar-refractivity contribution is 5.96. The van der Waals surface area contributed by atoms with E-state index in [9.17, 15) is 0 Å². The van der Waals surface area contributed by atoms with Gasteiger partial charge in [-0.05, 0) is 13.8 Å². The highest BCUT2D eigenvalue weighted by Crippen LogP contribution is 2.08. The van der Waals surface area contributed by atoms with E-state index < -0.39 is 0 Å². The van der Waals surface area contributed by atoms with Crippen LogP contribution in [-0.2, 0) is 0 Å². The second kappa shape index (κ2) is 4.16. The number of rotatable bonds is 2. The van der Waals surface area contributed by atoms with Crippen molar-refractivity contribution in [3.05, 3.63) is 0 Å². The number of nitrogens with zero attached hydrogens (tertiary/aromatic N) is 4. The topological polar surface area (TPSA) is 40.3 Å². The fraction of sp³-hybridized carbons (Fsp3) is 0.667. The zero-order valence-corrected chi connectivity index (χ0v) is 8.60. The van der Waals surface area contributed by atoms with Crippen molar-refractivity contribution in [3.63, 3.8) is 0 Å². The molecule has 1 heterocycles. The van der Waals surface area contributed by atoms with Crippen molar-refractivity contribution in [1.82, 2.24) is 4.90 Å². The van der Waals surface area contributed by atoms with Crippen molar-refractivity contribution in [2.24, 2.45) is 21.1 Å². The molecule has 0 saturated heterocycles. The predicted molar refractivity (Wildman–Crippen MR) is 56.2 cm³/mol. The van der Waals surface area contributed by atoms with Crippen LogP contribution in [-0.4, -0.2) is 29.5 Å². The lowest BCUT2D eigenvalue weighted by Gasteiger charge is -2.25. The minimum Gasteiger partial charge on any atom is -0.316 e. The Kier molecular flexibility index (Phi) is 3.17. The van der Waals surface area contributed by atoms with Gasteiger partial charge in [-0.25, -0.2) is 4.99 Å². The molecule has 0 spiro atoms. The molecular formula is C9H16N4. The van der Waals surface area contributed by atoms with Crippen molar-refractivity contribution < 1.29 is 0 Å². The minimum atomic E-state index is 0.365. The van der Waals surface area contributed by atoms with E-state index in [1.165, 1.54) is 6.34 Å². The Hall–Kier alpha value is -1.19. The SMILES string of the molecule is CC(C)C1=NN=CN=CN1C(C)C. The van der Waals surface area contributed by atoms with Crippen molar-refractivity contribution in [3.8, 4) is 0 Å². The summed E-state index contributed by atoms with van der Waals surface area (Å²) in [5, 5.41) is 7.94. The molecule has 4 heteroatoms. The van der Waals surface area contributed by atoms with E-state index in [4.69, 9.17) is 0 Å². The lowest BCUT2D eigenvalue weighted by atomic mass is 10.1. The summed E-state index contributed by atoms with van der Waals surface area (Å²) in [6.07, 6.45) is 3.24.